The van der Waals surface area contributed by atoms with Crippen molar-refractivity contribution in [3.8, 4) is 0 Å². The van der Waals surface area contributed by atoms with Gasteiger partial charge >= 0.3 is 19.8 Å². The number of ether oxygens (including phenoxy) is 2. The molecule has 0 amide bonds. The molecule has 10 heteroatoms. The predicted octanol–water partition coefficient (Wildman–Crippen LogP) is 9.63. The zero-order valence-electron chi connectivity index (χ0n) is 30.8. The van der Waals surface area contributed by atoms with Crippen molar-refractivity contribution in [2.24, 2.45) is 0 Å². The predicted molar refractivity (Wildman–Crippen MR) is 192 cm³/mol. The van der Waals surface area contributed by atoms with Crippen molar-refractivity contribution < 1.29 is 42.1 Å². The lowest BCUT2D eigenvalue weighted by Crippen LogP contribution is -2.37. The molecule has 0 saturated heterocycles. The van der Waals surface area contributed by atoms with Crippen LogP contribution in [-0.4, -0.2) is 74.9 Å². The highest BCUT2D eigenvalue weighted by molar-refractivity contribution is 7.47. The van der Waals surface area contributed by atoms with Gasteiger partial charge in [0.05, 0.1) is 27.7 Å². The fourth-order valence-corrected chi connectivity index (χ4v) is 5.51. The van der Waals surface area contributed by atoms with Crippen LogP contribution in [0, 0.1) is 0 Å². The molecule has 0 bridgehead atoms. The molecule has 1 unspecified atom stereocenters. The summed E-state index contributed by atoms with van der Waals surface area (Å²) in [5.74, 6) is -0.822. The van der Waals surface area contributed by atoms with E-state index >= 15 is 0 Å². The molecular weight excluding hydrogens is 617 g/mol. The zero-order valence-corrected chi connectivity index (χ0v) is 31.7. The Bertz CT molecular complexity index is 871. The van der Waals surface area contributed by atoms with E-state index in [9.17, 15) is 19.0 Å². The summed E-state index contributed by atoms with van der Waals surface area (Å²) in [5, 5.41) is 0. The lowest BCUT2D eigenvalue weighted by atomic mass is 10.1. The van der Waals surface area contributed by atoms with E-state index < -0.39 is 26.5 Å². The van der Waals surface area contributed by atoms with Gasteiger partial charge in [-0.1, -0.05) is 122 Å². The molecule has 0 aliphatic carbocycles. The summed E-state index contributed by atoms with van der Waals surface area (Å²) in [5.41, 5.74) is 0. The van der Waals surface area contributed by atoms with Gasteiger partial charge in [0, 0.05) is 12.8 Å². The normalized spacial score (nSPS) is 14.1. The maximum atomic E-state index is 12.6. The van der Waals surface area contributed by atoms with Gasteiger partial charge in [-0.05, 0) is 38.5 Å². The minimum Gasteiger partial charge on any atom is -0.462 e. The van der Waals surface area contributed by atoms with Gasteiger partial charge in [-0.15, -0.1) is 0 Å². The summed E-state index contributed by atoms with van der Waals surface area (Å²) < 4.78 is 34.0. The SMILES string of the molecule is CCCCCC/C=C/C=C/CCCCCCCC(=O)O[C@H](COC(=O)CCCCCCCCCC)COP(=O)(O)OCC[N+](C)(C)C. The Morgan fingerprint density at radius 2 is 1.13 bits per heavy atom. The van der Waals surface area contributed by atoms with Gasteiger partial charge < -0.3 is 18.9 Å². The lowest BCUT2D eigenvalue weighted by Gasteiger charge is -2.24. The van der Waals surface area contributed by atoms with Crippen molar-refractivity contribution in [3.63, 3.8) is 0 Å². The molecule has 0 spiro atoms. The molecule has 0 aromatic rings. The molecule has 0 saturated carbocycles. The van der Waals surface area contributed by atoms with Gasteiger partial charge in [0.15, 0.2) is 6.10 Å². The Morgan fingerprint density at radius 1 is 0.660 bits per heavy atom. The molecule has 0 aromatic carbocycles. The third-order valence-electron chi connectivity index (χ3n) is 7.76. The molecule has 0 radical (unpaired) electrons. The third-order valence-corrected chi connectivity index (χ3v) is 8.75. The van der Waals surface area contributed by atoms with Crippen LogP contribution in [0.3, 0.4) is 0 Å². The molecule has 0 fully saturated rings. The standard InChI is InChI=1S/C37H70NO8P/c1-6-8-10-12-14-16-17-18-19-20-21-22-24-26-28-30-37(40)46-35(34-45-47(41,42)44-32-31-38(3,4)5)33-43-36(39)29-27-25-23-15-13-11-9-7-2/h16-19,35H,6-15,20-34H2,1-5H3/p+1/b17-16+,19-18+/t35-/m1/s1. The van der Waals surface area contributed by atoms with Gasteiger partial charge in [-0.2, -0.15) is 0 Å². The topological polar surface area (TPSA) is 108 Å². The van der Waals surface area contributed by atoms with Gasteiger partial charge in [0.2, 0.25) is 0 Å². The fraction of sp³-hybridized carbons (Fsp3) is 0.838. The molecule has 1 N–H and O–H groups in total. The van der Waals surface area contributed by atoms with E-state index in [2.05, 4.69) is 38.2 Å². The number of phosphoric acid groups is 1. The number of unbranched alkanes of at least 4 members (excludes halogenated alkanes) is 16. The Balaban J connectivity index is 4.46. The first-order chi connectivity index (χ1) is 22.5. The van der Waals surface area contributed by atoms with Crippen molar-refractivity contribution in [2.45, 2.75) is 155 Å². The number of hydrogen-bond acceptors (Lipinski definition) is 7. The second-order valence-electron chi connectivity index (χ2n) is 13.6. The van der Waals surface area contributed by atoms with Crippen molar-refractivity contribution in [2.75, 3.05) is 47.5 Å². The maximum Gasteiger partial charge on any atom is 0.472 e. The Hall–Kier alpha value is -1.51. The van der Waals surface area contributed by atoms with Crippen LogP contribution in [0.5, 0.6) is 0 Å². The number of carbonyl (C=O) groups is 2. The van der Waals surface area contributed by atoms with E-state index in [1.54, 1.807) is 0 Å². The quantitative estimate of drug-likeness (QED) is 0.0239. The first kappa shape index (κ1) is 45.5. The monoisotopic (exact) mass is 688 g/mol. The smallest absolute Gasteiger partial charge is 0.462 e. The van der Waals surface area contributed by atoms with E-state index in [0.29, 0.717) is 17.4 Å². The van der Waals surface area contributed by atoms with Crippen LogP contribution in [0.2, 0.25) is 0 Å². The van der Waals surface area contributed by atoms with Crippen molar-refractivity contribution in [1.82, 2.24) is 0 Å². The van der Waals surface area contributed by atoms with Crippen molar-refractivity contribution in [1.29, 1.82) is 0 Å². The van der Waals surface area contributed by atoms with Crippen LogP contribution in [0.1, 0.15) is 149 Å². The summed E-state index contributed by atoms with van der Waals surface area (Å²) in [4.78, 5) is 35.0. The van der Waals surface area contributed by atoms with E-state index in [-0.39, 0.29) is 32.0 Å². The van der Waals surface area contributed by atoms with Gasteiger partial charge in [0.25, 0.3) is 0 Å². The van der Waals surface area contributed by atoms with E-state index in [0.717, 1.165) is 57.8 Å². The number of hydrogen-bond donors (Lipinski definition) is 1. The molecule has 0 aromatic heterocycles. The summed E-state index contributed by atoms with van der Waals surface area (Å²) in [6.07, 6.45) is 29.5. The molecular formula is C37H71NO8P+. The highest BCUT2D eigenvalue weighted by Gasteiger charge is 2.27. The number of phosphoric ester groups is 1. The van der Waals surface area contributed by atoms with Crippen LogP contribution >= 0.6 is 7.82 Å². The molecule has 0 aliphatic rings. The summed E-state index contributed by atoms with van der Waals surface area (Å²) >= 11 is 0. The minimum absolute atomic E-state index is 0.0296. The lowest BCUT2D eigenvalue weighted by molar-refractivity contribution is -0.870. The van der Waals surface area contributed by atoms with Crippen LogP contribution < -0.4 is 0 Å². The summed E-state index contributed by atoms with van der Waals surface area (Å²) in [6, 6.07) is 0. The van der Waals surface area contributed by atoms with E-state index in [1.165, 1.54) is 57.8 Å². The van der Waals surface area contributed by atoms with Crippen molar-refractivity contribution in [3.05, 3.63) is 24.3 Å². The largest absolute Gasteiger partial charge is 0.472 e. The van der Waals surface area contributed by atoms with Crippen LogP contribution in [0.4, 0.5) is 0 Å². The Kier molecular flexibility index (Phi) is 29.6. The van der Waals surface area contributed by atoms with Gasteiger partial charge in [-0.25, -0.2) is 4.57 Å². The van der Waals surface area contributed by atoms with Crippen molar-refractivity contribution >= 4 is 19.8 Å². The molecule has 9 nitrogen and oxygen atoms in total. The zero-order chi connectivity index (χ0) is 35.1. The number of nitrogens with zero attached hydrogens (tertiary/aromatic N) is 1. The number of carbonyl (C=O) groups excluding carboxylic acids is 2. The minimum atomic E-state index is -4.36. The number of rotatable bonds is 33. The fourth-order valence-electron chi connectivity index (χ4n) is 4.77. The number of esters is 2. The van der Waals surface area contributed by atoms with E-state index in [4.69, 9.17) is 18.5 Å². The Labute approximate surface area is 288 Å². The number of likely N-dealkylation sites (N-methyl/N-ethyl adjacent to an activating group) is 1. The molecule has 2 atom stereocenters. The number of quaternary nitrogens is 1. The first-order valence-electron chi connectivity index (χ1n) is 18.6. The Morgan fingerprint density at radius 3 is 1.66 bits per heavy atom. The molecule has 47 heavy (non-hydrogen) atoms. The first-order valence-corrected chi connectivity index (χ1v) is 20.1. The maximum absolute atomic E-state index is 12.6. The highest BCUT2D eigenvalue weighted by Crippen LogP contribution is 2.43. The van der Waals surface area contributed by atoms with Crippen LogP contribution in [-0.2, 0) is 32.7 Å². The second-order valence-corrected chi connectivity index (χ2v) is 15.1. The average molecular weight is 689 g/mol. The summed E-state index contributed by atoms with van der Waals surface area (Å²) in [6.45, 7) is 4.33. The van der Waals surface area contributed by atoms with Gasteiger partial charge in [0.1, 0.15) is 19.8 Å². The summed E-state index contributed by atoms with van der Waals surface area (Å²) in [7, 11) is 1.46. The van der Waals surface area contributed by atoms with Gasteiger partial charge in [-0.3, -0.25) is 18.6 Å². The molecule has 0 aliphatic heterocycles. The number of allylic oxidation sites excluding steroid dienone is 4. The third kappa shape index (κ3) is 34.2. The van der Waals surface area contributed by atoms with Crippen LogP contribution in [0.15, 0.2) is 24.3 Å². The van der Waals surface area contributed by atoms with Crippen LogP contribution in [0.25, 0.3) is 0 Å². The molecule has 0 heterocycles. The molecule has 0 rings (SSSR count). The second kappa shape index (κ2) is 30.5. The molecule has 276 valence electrons. The highest BCUT2D eigenvalue weighted by atomic mass is 31.2. The van der Waals surface area contributed by atoms with E-state index in [1.807, 2.05) is 21.1 Å². The average Bonchev–Trinajstić information content (AvgIpc) is 3.01.